The normalized spacial score (nSPS) is 22.3. The molecule has 0 aromatic heterocycles. The number of piperazine rings is 1. The summed E-state index contributed by atoms with van der Waals surface area (Å²) in [5, 5.41) is 0. The highest BCUT2D eigenvalue weighted by Gasteiger charge is 2.49. The molecule has 2 saturated heterocycles. The summed E-state index contributed by atoms with van der Waals surface area (Å²) in [5.74, 6) is -0.721. The molecule has 3 aliphatic rings. The third-order valence-electron chi connectivity index (χ3n) is 7.31. The first kappa shape index (κ1) is 24.6. The SMILES string of the molecule is CC(C)(C)OC(=O)N1CC2CC1CN2c1ccc2c(c1)N(c1cccc(Br)c1C(N)=O)C(=O)C2(C)C. The van der Waals surface area contributed by atoms with Crippen LogP contribution in [0.5, 0.6) is 0 Å². The molecule has 2 atom stereocenters. The summed E-state index contributed by atoms with van der Waals surface area (Å²) in [6.07, 6.45) is 0.609. The molecule has 2 bridgehead atoms. The molecule has 2 aromatic rings. The third kappa shape index (κ3) is 3.84. The van der Waals surface area contributed by atoms with E-state index in [1.54, 1.807) is 23.1 Å². The summed E-state index contributed by atoms with van der Waals surface area (Å²) in [6.45, 7) is 10.7. The van der Waals surface area contributed by atoms with E-state index in [2.05, 4.69) is 20.8 Å². The molecule has 2 unspecified atom stereocenters. The fourth-order valence-electron chi connectivity index (χ4n) is 5.63. The van der Waals surface area contributed by atoms with Crippen LogP contribution in [-0.4, -0.2) is 53.6 Å². The van der Waals surface area contributed by atoms with Crippen LogP contribution in [0.1, 0.15) is 57.0 Å². The second-order valence-electron chi connectivity index (χ2n) is 11.3. The molecule has 3 aliphatic heterocycles. The molecule has 9 heteroatoms. The molecule has 3 amide bonds. The predicted octanol–water partition coefficient (Wildman–Crippen LogP) is 4.70. The first-order chi connectivity index (χ1) is 16.8. The Morgan fingerprint density at radius 3 is 2.42 bits per heavy atom. The highest BCUT2D eigenvalue weighted by Crippen LogP contribution is 2.49. The minimum absolute atomic E-state index is 0.0822. The molecule has 0 aliphatic carbocycles. The Balaban J connectivity index is 1.49. The zero-order valence-electron chi connectivity index (χ0n) is 21.2. The number of halogens is 1. The second kappa shape index (κ2) is 8.23. The first-order valence-corrected chi connectivity index (χ1v) is 12.9. The zero-order chi connectivity index (χ0) is 26.2. The number of carbonyl (C=O) groups excluding carboxylic acids is 3. The second-order valence-corrected chi connectivity index (χ2v) is 12.1. The summed E-state index contributed by atoms with van der Waals surface area (Å²) < 4.78 is 6.14. The number of benzene rings is 2. The van der Waals surface area contributed by atoms with Gasteiger partial charge in [-0.2, -0.15) is 0 Å². The molecule has 0 radical (unpaired) electrons. The summed E-state index contributed by atoms with van der Waals surface area (Å²) in [6, 6.07) is 11.6. The van der Waals surface area contributed by atoms with Gasteiger partial charge in [-0.05, 0) is 86.8 Å². The predicted molar refractivity (Wildman–Crippen MR) is 142 cm³/mol. The number of amides is 3. The number of rotatable bonds is 3. The van der Waals surface area contributed by atoms with Crippen molar-refractivity contribution in [1.82, 2.24) is 4.90 Å². The van der Waals surface area contributed by atoms with E-state index < -0.39 is 16.9 Å². The lowest BCUT2D eigenvalue weighted by Gasteiger charge is -2.36. The smallest absolute Gasteiger partial charge is 0.410 e. The number of nitrogens with zero attached hydrogens (tertiary/aromatic N) is 3. The van der Waals surface area contributed by atoms with Crippen LogP contribution in [0.25, 0.3) is 0 Å². The van der Waals surface area contributed by atoms with Crippen molar-refractivity contribution in [3.05, 3.63) is 52.0 Å². The summed E-state index contributed by atoms with van der Waals surface area (Å²) >= 11 is 3.42. The van der Waals surface area contributed by atoms with Gasteiger partial charge in [0.05, 0.1) is 28.4 Å². The van der Waals surface area contributed by atoms with Gasteiger partial charge >= 0.3 is 6.09 Å². The maximum Gasteiger partial charge on any atom is 0.410 e. The lowest BCUT2D eigenvalue weighted by Crippen LogP contribution is -2.50. The van der Waals surface area contributed by atoms with Crippen LogP contribution >= 0.6 is 15.9 Å². The van der Waals surface area contributed by atoms with Crippen molar-refractivity contribution in [1.29, 1.82) is 0 Å². The van der Waals surface area contributed by atoms with Crippen LogP contribution in [0.3, 0.4) is 0 Å². The number of hydrogen-bond donors (Lipinski definition) is 1. The van der Waals surface area contributed by atoms with Crippen molar-refractivity contribution in [2.45, 2.75) is 64.1 Å². The molecule has 2 N–H and O–H groups in total. The van der Waals surface area contributed by atoms with Crippen molar-refractivity contribution in [3.8, 4) is 0 Å². The maximum absolute atomic E-state index is 13.6. The van der Waals surface area contributed by atoms with E-state index >= 15 is 0 Å². The first-order valence-electron chi connectivity index (χ1n) is 12.1. The highest BCUT2D eigenvalue weighted by molar-refractivity contribution is 9.10. The van der Waals surface area contributed by atoms with Gasteiger partial charge < -0.3 is 20.3 Å². The molecular formula is C27H31BrN4O4. The van der Waals surface area contributed by atoms with Crippen molar-refractivity contribution < 1.29 is 19.1 Å². The number of nitrogens with two attached hydrogens (primary N) is 1. The molecule has 3 heterocycles. The van der Waals surface area contributed by atoms with E-state index in [1.165, 1.54) is 0 Å². The molecule has 36 heavy (non-hydrogen) atoms. The quantitative estimate of drug-likeness (QED) is 0.593. The number of hydrogen-bond acceptors (Lipinski definition) is 5. The van der Waals surface area contributed by atoms with Crippen molar-refractivity contribution >= 4 is 50.9 Å². The Bertz CT molecular complexity index is 1290. The third-order valence-corrected chi connectivity index (χ3v) is 7.97. The Kier molecular flexibility index (Phi) is 5.63. The molecule has 190 valence electrons. The number of fused-ring (bicyclic) bond motifs is 3. The molecule has 2 aromatic carbocycles. The van der Waals surface area contributed by atoms with Crippen LogP contribution in [0.4, 0.5) is 21.9 Å². The van der Waals surface area contributed by atoms with Crippen LogP contribution in [-0.2, 0) is 14.9 Å². The molecular weight excluding hydrogens is 524 g/mol. The van der Waals surface area contributed by atoms with Gasteiger partial charge in [0, 0.05) is 29.3 Å². The van der Waals surface area contributed by atoms with Gasteiger partial charge in [0.15, 0.2) is 0 Å². The van der Waals surface area contributed by atoms with Crippen LogP contribution in [0.2, 0.25) is 0 Å². The number of carbonyl (C=O) groups is 3. The van der Waals surface area contributed by atoms with Gasteiger partial charge in [-0.1, -0.05) is 12.1 Å². The van der Waals surface area contributed by atoms with E-state index in [4.69, 9.17) is 10.5 Å². The largest absolute Gasteiger partial charge is 0.444 e. The maximum atomic E-state index is 13.6. The van der Waals surface area contributed by atoms with Gasteiger partial charge in [0.2, 0.25) is 5.91 Å². The average molecular weight is 555 g/mol. The van der Waals surface area contributed by atoms with E-state index in [9.17, 15) is 14.4 Å². The molecule has 0 spiro atoms. The van der Waals surface area contributed by atoms with E-state index in [-0.39, 0.29) is 29.6 Å². The van der Waals surface area contributed by atoms with Gasteiger partial charge in [-0.3, -0.25) is 14.5 Å². The minimum Gasteiger partial charge on any atom is -0.444 e. The molecule has 2 fully saturated rings. The lowest BCUT2D eigenvalue weighted by molar-refractivity contribution is -0.121. The Labute approximate surface area is 219 Å². The fraction of sp³-hybridized carbons (Fsp3) is 0.444. The van der Waals surface area contributed by atoms with Crippen LogP contribution in [0.15, 0.2) is 40.9 Å². The minimum atomic E-state index is -0.761. The van der Waals surface area contributed by atoms with E-state index in [1.807, 2.05) is 57.7 Å². The van der Waals surface area contributed by atoms with Gasteiger partial charge in [0.25, 0.3) is 5.91 Å². The topological polar surface area (TPSA) is 96.2 Å². The summed E-state index contributed by atoms with van der Waals surface area (Å²) in [7, 11) is 0. The van der Waals surface area contributed by atoms with Gasteiger partial charge in [-0.25, -0.2) is 4.79 Å². The van der Waals surface area contributed by atoms with Gasteiger partial charge in [0.1, 0.15) is 5.60 Å². The summed E-state index contributed by atoms with van der Waals surface area (Å²) in [4.78, 5) is 44.4. The van der Waals surface area contributed by atoms with Crippen LogP contribution in [0, 0.1) is 0 Å². The van der Waals surface area contributed by atoms with Crippen LogP contribution < -0.4 is 15.5 Å². The zero-order valence-corrected chi connectivity index (χ0v) is 22.8. The number of likely N-dealkylation sites (tertiary alicyclic amines) is 1. The number of ether oxygens (including phenoxy) is 1. The molecule has 5 rings (SSSR count). The van der Waals surface area contributed by atoms with Crippen molar-refractivity contribution in [2.24, 2.45) is 5.73 Å². The average Bonchev–Trinajstić information content (AvgIpc) is 3.43. The van der Waals surface area contributed by atoms with Crippen molar-refractivity contribution in [3.63, 3.8) is 0 Å². The molecule has 0 saturated carbocycles. The highest BCUT2D eigenvalue weighted by atomic mass is 79.9. The molecule has 8 nitrogen and oxygen atoms in total. The Morgan fingerprint density at radius 2 is 1.81 bits per heavy atom. The van der Waals surface area contributed by atoms with E-state index in [0.717, 1.165) is 23.4 Å². The monoisotopic (exact) mass is 554 g/mol. The van der Waals surface area contributed by atoms with Gasteiger partial charge in [-0.15, -0.1) is 0 Å². The Hall–Kier alpha value is -3.07. The standard InChI is InChI=1S/C27H31BrN4O4/c1-26(2,3)36-25(35)31-14-16-11-17(31)13-30(16)15-9-10-18-21(12-15)32(24(34)27(18,4)5)20-8-6-7-19(28)22(20)23(29)33/h6-10,12,16-17H,11,13-14H2,1-5H3,(H2,29,33). The lowest BCUT2D eigenvalue weighted by atomic mass is 9.86. The number of anilines is 3. The number of primary amides is 1. The summed E-state index contributed by atoms with van der Waals surface area (Å²) in [5.41, 5.74) is 7.77. The fourth-order valence-corrected chi connectivity index (χ4v) is 6.18. The van der Waals surface area contributed by atoms with Crippen molar-refractivity contribution in [2.75, 3.05) is 22.9 Å². The Morgan fingerprint density at radius 1 is 1.08 bits per heavy atom. The van der Waals surface area contributed by atoms with E-state index in [0.29, 0.717) is 23.2 Å².